The van der Waals surface area contributed by atoms with Crippen molar-refractivity contribution in [3.8, 4) is 11.5 Å². The summed E-state index contributed by atoms with van der Waals surface area (Å²) in [7, 11) is 0. The predicted molar refractivity (Wildman–Crippen MR) is 69.9 cm³/mol. The standard InChI is InChI=1S/C13H16N2O2S/c1-8(2)11-5-10(7-18-11)13-14-12(15-17-13)9-3-4-16-6-9/h5,7-9H,3-4,6H2,1-2H3/t9-/m1/s1. The Kier molecular flexibility index (Phi) is 3.18. The van der Waals surface area contributed by atoms with Gasteiger partial charge in [0.05, 0.1) is 12.2 Å². The third-order valence-electron chi connectivity index (χ3n) is 3.17. The molecule has 1 fully saturated rings. The number of ether oxygens (including phenoxy) is 1. The summed E-state index contributed by atoms with van der Waals surface area (Å²) in [5.74, 6) is 2.24. The third-order valence-corrected chi connectivity index (χ3v) is 4.41. The molecular weight excluding hydrogens is 248 g/mol. The predicted octanol–water partition coefficient (Wildman–Crippen LogP) is 3.43. The van der Waals surface area contributed by atoms with Crippen LogP contribution in [0.5, 0.6) is 0 Å². The first-order chi connectivity index (χ1) is 8.74. The van der Waals surface area contributed by atoms with Crippen molar-refractivity contribution >= 4 is 11.3 Å². The van der Waals surface area contributed by atoms with Crippen LogP contribution in [-0.2, 0) is 4.74 Å². The molecule has 18 heavy (non-hydrogen) atoms. The second-order valence-corrected chi connectivity index (χ2v) is 5.85. The topological polar surface area (TPSA) is 48.2 Å². The first kappa shape index (κ1) is 11.9. The lowest BCUT2D eigenvalue weighted by Crippen LogP contribution is -1.99. The molecule has 0 N–H and O–H groups in total. The zero-order valence-corrected chi connectivity index (χ0v) is 11.4. The van der Waals surface area contributed by atoms with Gasteiger partial charge < -0.3 is 9.26 Å². The van der Waals surface area contributed by atoms with Gasteiger partial charge in [0, 0.05) is 22.8 Å². The monoisotopic (exact) mass is 264 g/mol. The summed E-state index contributed by atoms with van der Waals surface area (Å²) in [6, 6.07) is 2.14. The summed E-state index contributed by atoms with van der Waals surface area (Å²) in [6.45, 7) is 5.87. The molecule has 3 rings (SSSR count). The highest BCUT2D eigenvalue weighted by atomic mass is 32.1. The number of aromatic nitrogens is 2. The number of thiophene rings is 1. The largest absolute Gasteiger partial charge is 0.381 e. The Labute approximate surface area is 110 Å². The maximum absolute atomic E-state index is 5.35. The van der Waals surface area contributed by atoms with E-state index in [1.165, 1.54) is 4.88 Å². The Balaban J connectivity index is 1.83. The van der Waals surface area contributed by atoms with E-state index in [0.717, 1.165) is 24.4 Å². The molecule has 0 aromatic carbocycles. The second kappa shape index (κ2) is 4.82. The van der Waals surface area contributed by atoms with E-state index in [0.29, 0.717) is 24.3 Å². The van der Waals surface area contributed by atoms with E-state index in [1.54, 1.807) is 11.3 Å². The Morgan fingerprint density at radius 2 is 2.33 bits per heavy atom. The SMILES string of the molecule is CC(C)c1cc(-c2nc([C@@H]3CCOC3)no2)cs1. The molecule has 0 saturated carbocycles. The molecule has 3 heterocycles. The maximum Gasteiger partial charge on any atom is 0.258 e. The summed E-state index contributed by atoms with van der Waals surface area (Å²) >= 11 is 1.74. The van der Waals surface area contributed by atoms with Gasteiger partial charge in [0.25, 0.3) is 5.89 Å². The van der Waals surface area contributed by atoms with Gasteiger partial charge in [-0.3, -0.25) is 0 Å². The second-order valence-electron chi connectivity index (χ2n) is 4.91. The van der Waals surface area contributed by atoms with Gasteiger partial charge in [-0.15, -0.1) is 11.3 Å². The highest BCUT2D eigenvalue weighted by molar-refractivity contribution is 7.10. The fourth-order valence-electron chi connectivity index (χ4n) is 2.02. The Morgan fingerprint density at radius 3 is 3.00 bits per heavy atom. The van der Waals surface area contributed by atoms with E-state index in [1.807, 2.05) is 0 Å². The van der Waals surface area contributed by atoms with Gasteiger partial charge >= 0.3 is 0 Å². The van der Waals surface area contributed by atoms with Crippen LogP contribution < -0.4 is 0 Å². The average molecular weight is 264 g/mol. The number of hydrogen-bond donors (Lipinski definition) is 0. The van der Waals surface area contributed by atoms with Crippen LogP contribution in [0.4, 0.5) is 0 Å². The molecule has 1 saturated heterocycles. The smallest absolute Gasteiger partial charge is 0.258 e. The molecule has 1 atom stereocenters. The lowest BCUT2D eigenvalue weighted by Gasteiger charge is -1.97. The van der Waals surface area contributed by atoms with E-state index >= 15 is 0 Å². The van der Waals surface area contributed by atoms with Crippen LogP contribution in [0.3, 0.4) is 0 Å². The minimum atomic E-state index is 0.297. The lowest BCUT2D eigenvalue weighted by atomic mass is 10.1. The van der Waals surface area contributed by atoms with E-state index < -0.39 is 0 Å². The normalized spacial score (nSPS) is 19.8. The minimum absolute atomic E-state index is 0.297. The highest BCUT2D eigenvalue weighted by Gasteiger charge is 2.23. The Morgan fingerprint density at radius 1 is 1.44 bits per heavy atom. The molecule has 1 aliphatic heterocycles. The zero-order valence-electron chi connectivity index (χ0n) is 10.5. The van der Waals surface area contributed by atoms with Crippen LogP contribution in [-0.4, -0.2) is 23.4 Å². The molecule has 2 aromatic heterocycles. The van der Waals surface area contributed by atoms with Crippen molar-refractivity contribution in [1.29, 1.82) is 0 Å². The van der Waals surface area contributed by atoms with E-state index in [2.05, 4.69) is 35.4 Å². The van der Waals surface area contributed by atoms with E-state index in [9.17, 15) is 0 Å². The molecule has 0 aliphatic carbocycles. The molecule has 5 heteroatoms. The summed E-state index contributed by atoms with van der Waals surface area (Å²) in [4.78, 5) is 5.83. The van der Waals surface area contributed by atoms with Crippen molar-refractivity contribution in [2.75, 3.05) is 13.2 Å². The van der Waals surface area contributed by atoms with Gasteiger partial charge in [-0.25, -0.2) is 0 Å². The van der Waals surface area contributed by atoms with Gasteiger partial charge in [0.15, 0.2) is 5.82 Å². The highest BCUT2D eigenvalue weighted by Crippen LogP contribution is 2.30. The molecule has 0 bridgehead atoms. The average Bonchev–Trinajstić information content (AvgIpc) is 3.10. The van der Waals surface area contributed by atoms with Crippen molar-refractivity contribution in [3.05, 3.63) is 22.1 Å². The first-order valence-corrected chi connectivity index (χ1v) is 7.12. The summed E-state index contributed by atoms with van der Waals surface area (Å²) < 4.78 is 10.7. The summed E-state index contributed by atoms with van der Waals surface area (Å²) in [5.41, 5.74) is 1.03. The van der Waals surface area contributed by atoms with Crippen LogP contribution in [0.15, 0.2) is 16.0 Å². The summed E-state index contributed by atoms with van der Waals surface area (Å²) in [6.07, 6.45) is 0.986. The van der Waals surface area contributed by atoms with Crippen LogP contribution in [0, 0.1) is 0 Å². The van der Waals surface area contributed by atoms with Crippen molar-refractivity contribution in [3.63, 3.8) is 0 Å². The van der Waals surface area contributed by atoms with Crippen LogP contribution >= 0.6 is 11.3 Å². The van der Waals surface area contributed by atoms with E-state index in [4.69, 9.17) is 9.26 Å². The van der Waals surface area contributed by atoms with Gasteiger partial charge in [-0.2, -0.15) is 4.98 Å². The molecule has 1 aliphatic rings. The molecule has 4 nitrogen and oxygen atoms in total. The first-order valence-electron chi connectivity index (χ1n) is 6.24. The lowest BCUT2D eigenvalue weighted by molar-refractivity contribution is 0.192. The van der Waals surface area contributed by atoms with Gasteiger partial charge in [0.1, 0.15) is 0 Å². The van der Waals surface area contributed by atoms with Crippen molar-refractivity contribution in [2.24, 2.45) is 0 Å². The molecule has 0 unspecified atom stereocenters. The Hall–Kier alpha value is -1.20. The van der Waals surface area contributed by atoms with Crippen molar-refractivity contribution in [1.82, 2.24) is 10.1 Å². The fourth-order valence-corrected chi connectivity index (χ4v) is 2.92. The molecule has 0 spiro atoms. The zero-order chi connectivity index (χ0) is 12.5. The molecule has 2 aromatic rings. The molecule has 0 amide bonds. The van der Waals surface area contributed by atoms with Crippen molar-refractivity contribution in [2.45, 2.75) is 32.1 Å². The Bertz CT molecular complexity index is 527. The molecular formula is C13H16N2O2S. The molecule has 0 radical (unpaired) electrons. The van der Waals surface area contributed by atoms with Gasteiger partial charge in [-0.05, 0) is 18.4 Å². The van der Waals surface area contributed by atoms with E-state index in [-0.39, 0.29) is 0 Å². The van der Waals surface area contributed by atoms with Gasteiger partial charge in [-0.1, -0.05) is 19.0 Å². The maximum atomic E-state index is 5.35. The summed E-state index contributed by atoms with van der Waals surface area (Å²) in [5, 5.41) is 6.15. The fraction of sp³-hybridized carbons (Fsp3) is 0.538. The third kappa shape index (κ3) is 2.20. The molecule has 96 valence electrons. The minimum Gasteiger partial charge on any atom is -0.381 e. The number of hydrogen-bond acceptors (Lipinski definition) is 5. The van der Waals surface area contributed by atoms with Crippen molar-refractivity contribution < 1.29 is 9.26 Å². The van der Waals surface area contributed by atoms with Crippen LogP contribution in [0.25, 0.3) is 11.5 Å². The number of rotatable bonds is 3. The number of nitrogens with zero attached hydrogens (tertiary/aromatic N) is 2. The quantitative estimate of drug-likeness (QED) is 0.852. The van der Waals surface area contributed by atoms with Crippen LogP contribution in [0.2, 0.25) is 0 Å². The van der Waals surface area contributed by atoms with Gasteiger partial charge in [0.2, 0.25) is 0 Å². The van der Waals surface area contributed by atoms with Crippen LogP contribution in [0.1, 0.15) is 42.8 Å².